The molecule has 0 spiro atoms. The van der Waals surface area contributed by atoms with Gasteiger partial charge in [0.2, 0.25) is 0 Å². The van der Waals surface area contributed by atoms with Gasteiger partial charge in [-0.1, -0.05) is 78.3 Å². The predicted octanol–water partition coefficient (Wildman–Crippen LogP) is 8.92. The third-order valence-electron chi connectivity index (χ3n) is 6.07. The van der Waals surface area contributed by atoms with Gasteiger partial charge in [0.05, 0.1) is 23.7 Å². The van der Waals surface area contributed by atoms with Crippen LogP contribution in [0.25, 0.3) is 28.2 Å². The lowest BCUT2D eigenvalue weighted by Crippen LogP contribution is -2.01. The molecule has 0 N–H and O–H groups in total. The molecule has 1 heterocycles. The molecule has 1 aromatic heterocycles. The van der Waals surface area contributed by atoms with Crippen molar-refractivity contribution in [1.82, 2.24) is 4.57 Å². The van der Waals surface area contributed by atoms with Crippen molar-refractivity contribution in [1.29, 1.82) is 0 Å². The van der Waals surface area contributed by atoms with Gasteiger partial charge >= 0.3 is 0 Å². The number of halogens is 1. The quantitative estimate of drug-likeness (QED) is 0.209. The van der Waals surface area contributed by atoms with Gasteiger partial charge in [0.25, 0.3) is 0 Å². The molecule has 5 aromatic rings. The molecule has 0 atom stereocenters. The van der Waals surface area contributed by atoms with Crippen LogP contribution in [0.3, 0.4) is 0 Å². The Kier molecular flexibility index (Phi) is 7.01. The van der Waals surface area contributed by atoms with E-state index < -0.39 is 0 Å². The second-order valence-electron chi connectivity index (χ2n) is 8.52. The summed E-state index contributed by atoms with van der Waals surface area (Å²) in [4.78, 5) is 4.86. The minimum Gasteiger partial charge on any atom is -0.494 e. The molecular formula is C32H27ClN2O. The summed E-state index contributed by atoms with van der Waals surface area (Å²) in [5.41, 5.74) is 8.40. The van der Waals surface area contributed by atoms with E-state index >= 15 is 0 Å². The van der Waals surface area contributed by atoms with E-state index in [2.05, 4.69) is 71.3 Å². The standard InChI is InChI=1S/C32H27ClN2O/c1-3-36-29-18-16-28(17-19-29)35-31(24-10-6-4-7-11-24)20-26(32(35)25-12-8-5-9-13-25)22-34-30-21-27(33)15-14-23(30)2/h4-22H,3H2,1-2H3. The van der Waals surface area contributed by atoms with Crippen molar-refractivity contribution in [3.63, 3.8) is 0 Å². The van der Waals surface area contributed by atoms with Crippen molar-refractivity contribution in [3.8, 4) is 34.0 Å². The van der Waals surface area contributed by atoms with Crippen LogP contribution in [-0.2, 0) is 0 Å². The Bertz CT molecular complexity index is 1490. The van der Waals surface area contributed by atoms with Crippen LogP contribution in [-0.4, -0.2) is 17.4 Å². The molecule has 0 radical (unpaired) electrons. The monoisotopic (exact) mass is 490 g/mol. The number of rotatable bonds is 7. The normalized spacial score (nSPS) is 11.2. The van der Waals surface area contributed by atoms with Gasteiger partial charge in [-0.3, -0.25) is 4.99 Å². The van der Waals surface area contributed by atoms with Crippen molar-refractivity contribution in [3.05, 3.63) is 125 Å². The Hall–Kier alpha value is -4.08. The Morgan fingerprint density at radius 2 is 1.47 bits per heavy atom. The Morgan fingerprint density at radius 3 is 2.14 bits per heavy atom. The summed E-state index contributed by atoms with van der Waals surface area (Å²) in [5.74, 6) is 0.856. The zero-order valence-corrected chi connectivity index (χ0v) is 21.1. The van der Waals surface area contributed by atoms with Crippen molar-refractivity contribution < 1.29 is 4.74 Å². The van der Waals surface area contributed by atoms with Crippen molar-refractivity contribution in [2.45, 2.75) is 13.8 Å². The molecule has 0 aliphatic carbocycles. The van der Waals surface area contributed by atoms with Crippen molar-refractivity contribution in [2.24, 2.45) is 4.99 Å². The highest BCUT2D eigenvalue weighted by molar-refractivity contribution is 6.30. The number of aliphatic imine (C=N–C) groups is 1. The number of nitrogens with zero attached hydrogens (tertiary/aromatic N) is 2. The molecule has 4 heteroatoms. The first kappa shape index (κ1) is 23.7. The van der Waals surface area contributed by atoms with E-state index in [0.29, 0.717) is 11.6 Å². The first-order chi connectivity index (χ1) is 17.6. The topological polar surface area (TPSA) is 26.5 Å². The first-order valence-corrected chi connectivity index (χ1v) is 12.4. The van der Waals surface area contributed by atoms with Gasteiger partial charge in [-0.15, -0.1) is 0 Å². The van der Waals surface area contributed by atoms with Crippen LogP contribution in [0.4, 0.5) is 5.69 Å². The number of aromatic nitrogens is 1. The summed E-state index contributed by atoms with van der Waals surface area (Å²) in [5, 5.41) is 0.674. The molecule has 0 bridgehead atoms. The maximum atomic E-state index is 6.26. The van der Waals surface area contributed by atoms with Crippen LogP contribution in [0.1, 0.15) is 18.1 Å². The van der Waals surface area contributed by atoms with E-state index in [0.717, 1.165) is 50.8 Å². The fourth-order valence-electron chi connectivity index (χ4n) is 4.33. The highest BCUT2D eigenvalue weighted by Gasteiger charge is 2.19. The summed E-state index contributed by atoms with van der Waals surface area (Å²) in [6.07, 6.45) is 1.94. The van der Waals surface area contributed by atoms with Crippen LogP contribution in [0.15, 0.2) is 114 Å². The molecule has 0 fully saturated rings. The molecule has 0 saturated carbocycles. The maximum absolute atomic E-state index is 6.26. The van der Waals surface area contributed by atoms with E-state index in [-0.39, 0.29) is 0 Å². The van der Waals surface area contributed by atoms with Gasteiger partial charge in [-0.25, -0.2) is 0 Å². The fourth-order valence-corrected chi connectivity index (χ4v) is 4.49. The summed E-state index contributed by atoms with van der Waals surface area (Å²) >= 11 is 6.26. The first-order valence-electron chi connectivity index (χ1n) is 12.0. The lowest BCUT2D eigenvalue weighted by molar-refractivity contribution is 0.340. The van der Waals surface area contributed by atoms with E-state index in [9.17, 15) is 0 Å². The number of ether oxygens (including phenoxy) is 1. The average molecular weight is 491 g/mol. The summed E-state index contributed by atoms with van der Waals surface area (Å²) in [6.45, 7) is 4.67. The third kappa shape index (κ3) is 4.98. The second kappa shape index (κ2) is 10.7. The molecule has 178 valence electrons. The van der Waals surface area contributed by atoms with Gasteiger partial charge in [0.1, 0.15) is 5.75 Å². The molecule has 0 saturated heterocycles. The lowest BCUT2D eigenvalue weighted by atomic mass is 10.1. The van der Waals surface area contributed by atoms with Gasteiger partial charge in [-0.2, -0.15) is 0 Å². The highest BCUT2D eigenvalue weighted by Crippen LogP contribution is 2.36. The SMILES string of the molecule is CCOc1ccc(-n2c(-c3ccccc3)cc(C=Nc3cc(Cl)ccc3C)c2-c2ccccc2)cc1. The maximum Gasteiger partial charge on any atom is 0.119 e. The largest absolute Gasteiger partial charge is 0.494 e. The minimum atomic E-state index is 0.636. The highest BCUT2D eigenvalue weighted by atomic mass is 35.5. The van der Waals surface area contributed by atoms with Gasteiger partial charge < -0.3 is 9.30 Å². The zero-order chi connectivity index (χ0) is 24.9. The Morgan fingerprint density at radius 1 is 0.806 bits per heavy atom. The minimum absolute atomic E-state index is 0.636. The van der Waals surface area contributed by atoms with Gasteiger partial charge in [0.15, 0.2) is 0 Å². The molecule has 36 heavy (non-hydrogen) atoms. The van der Waals surface area contributed by atoms with Crippen LogP contribution in [0.2, 0.25) is 5.02 Å². The average Bonchev–Trinajstić information content (AvgIpc) is 3.30. The van der Waals surface area contributed by atoms with Crippen LogP contribution in [0, 0.1) is 6.92 Å². The smallest absolute Gasteiger partial charge is 0.119 e. The lowest BCUT2D eigenvalue weighted by Gasteiger charge is -2.15. The second-order valence-corrected chi connectivity index (χ2v) is 8.95. The molecule has 3 nitrogen and oxygen atoms in total. The van der Waals surface area contributed by atoms with Gasteiger partial charge in [0, 0.05) is 22.5 Å². The number of benzene rings is 4. The molecule has 5 rings (SSSR count). The summed E-state index contributed by atoms with van der Waals surface area (Å²) in [6, 6.07) is 37.1. The molecule has 0 aliphatic heterocycles. The van der Waals surface area contributed by atoms with E-state index in [1.54, 1.807) is 0 Å². The predicted molar refractivity (Wildman–Crippen MR) is 151 cm³/mol. The molecular weight excluding hydrogens is 464 g/mol. The van der Waals surface area contributed by atoms with Crippen molar-refractivity contribution >= 4 is 23.5 Å². The number of hydrogen-bond acceptors (Lipinski definition) is 2. The molecule has 0 unspecified atom stereocenters. The van der Waals surface area contributed by atoms with E-state index in [1.807, 2.05) is 62.5 Å². The Balaban J connectivity index is 1.75. The molecule has 4 aromatic carbocycles. The fraction of sp³-hybridized carbons (Fsp3) is 0.0938. The van der Waals surface area contributed by atoms with E-state index in [4.69, 9.17) is 21.3 Å². The number of aryl methyl sites for hydroxylation is 1. The van der Waals surface area contributed by atoms with Crippen LogP contribution >= 0.6 is 11.6 Å². The van der Waals surface area contributed by atoms with Crippen LogP contribution in [0.5, 0.6) is 5.75 Å². The van der Waals surface area contributed by atoms with Gasteiger partial charge in [-0.05, 0) is 73.0 Å². The third-order valence-corrected chi connectivity index (χ3v) is 6.30. The van der Waals surface area contributed by atoms with E-state index in [1.165, 1.54) is 0 Å². The molecule has 0 aliphatic rings. The Labute approximate surface area is 217 Å². The van der Waals surface area contributed by atoms with Crippen LogP contribution < -0.4 is 4.74 Å². The summed E-state index contributed by atoms with van der Waals surface area (Å²) < 4.78 is 8.00. The van der Waals surface area contributed by atoms with Crippen molar-refractivity contribution in [2.75, 3.05) is 6.61 Å². The number of hydrogen-bond donors (Lipinski definition) is 0. The summed E-state index contributed by atoms with van der Waals surface area (Å²) in [7, 11) is 0. The molecule has 0 amide bonds. The zero-order valence-electron chi connectivity index (χ0n) is 20.4.